The van der Waals surface area contributed by atoms with E-state index in [4.69, 9.17) is 0 Å². The number of aliphatic hydroxyl groups excluding tert-OH is 1. The van der Waals surface area contributed by atoms with Gasteiger partial charge in [0.1, 0.15) is 11.6 Å². The highest BCUT2D eigenvalue weighted by Crippen LogP contribution is 2.32. The molecule has 0 aliphatic heterocycles. The fourth-order valence-corrected chi connectivity index (χ4v) is 2.06. The second kappa shape index (κ2) is 5.36. The van der Waals surface area contributed by atoms with Crippen molar-refractivity contribution in [3.05, 3.63) is 59.7 Å². The maximum atomic E-state index is 13.8. The first-order valence-electron chi connectivity index (χ1n) is 5.96. The van der Waals surface area contributed by atoms with Gasteiger partial charge in [0, 0.05) is 24.0 Å². The number of anilines is 2. The SMILES string of the molecule is CC(O)c1c(F)cccc1N(C)c1cccc(F)c1. The van der Waals surface area contributed by atoms with E-state index in [1.54, 1.807) is 36.2 Å². The van der Waals surface area contributed by atoms with Crippen molar-refractivity contribution in [2.45, 2.75) is 13.0 Å². The van der Waals surface area contributed by atoms with Crippen molar-refractivity contribution < 1.29 is 13.9 Å². The Morgan fingerprint density at radius 3 is 2.42 bits per heavy atom. The Morgan fingerprint density at radius 2 is 1.79 bits per heavy atom. The van der Waals surface area contributed by atoms with E-state index in [0.717, 1.165) is 0 Å². The standard InChI is InChI=1S/C15H15F2NO/c1-10(19)15-13(17)7-4-8-14(15)18(2)12-6-3-5-11(16)9-12/h3-10,19H,1-2H3. The van der Waals surface area contributed by atoms with Crippen LogP contribution in [-0.4, -0.2) is 12.2 Å². The van der Waals surface area contributed by atoms with E-state index in [0.29, 0.717) is 11.4 Å². The smallest absolute Gasteiger partial charge is 0.131 e. The molecule has 0 amide bonds. The third-order valence-electron chi connectivity index (χ3n) is 3.00. The Kier molecular flexibility index (Phi) is 3.81. The molecule has 100 valence electrons. The number of hydrogen-bond donors (Lipinski definition) is 1. The molecule has 0 aliphatic carbocycles. The van der Waals surface area contributed by atoms with E-state index in [-0.39, 0.29) is 11.4 Å². The summed E-state index contributed by atoms with van der Waals surface area (Å²) in [6.07, 6.45) is -0.938. The Morgan fingerprint density at radius 1 is 1.11 bits per heavy atom. The lowest BCUT2D eigenvalue weighted by atomic mass is 10.1. The molecule has 2 aromatic rings. The summed E-state index contributed by atoms with van der Waals surface area (Å²) in [4.78, 5) is 1.65. The summed E-state index contributed by atoms with van der Waals surface area (Å²) in [7, 11) is 1.70. The molecular formula is C15H15F2NO. The average Bonchev–Trinajstić information content (AvgIpc) is 2.37. The zero-order valence-corrected chi connectivity index (χ0v) is 10.8. The zero-order chi connectivity index (χ0) is 14.0. The van der Waals surface area contributed by atoms with E-state index in [1.165, 1.54) is 25.1 Å². The highest BCUT2D eigenvalue weighted by molar-refractivity contribution is 5.66. The minimum Gasteiger partial charge on any atom is -0.389 e. The Bertz CT molecular complexity index is 584. The summed E-state index contributed by atoms with van der Waals surface area (Å²) >= 11 is 0. The van der Waals surface area contributed by atoms with Crippen LogP contribution in [0.4, 0.5) is 20.2 Å². The monoisotopic (exact) mass is 263 g/mol. The molecule has 0 fully saturated rings. The van der Waals surface area contributed by atoms with Gasteiger partial charge in [-0.05, 0) is 37.3 Å². The van der Waals surface area contributed by atoms with Crippen molar-refractivity contribution in [1.29, 1.82) is 0 Å². The normalized spacial score (nSPS) is 12.3. The number of rotatable bonds is 3. The molecule has 0 radical (unpaired) electrons. The first kappa shape index (κ1) is 13.5. The molecule has 2 nitrogen and oxygen atoms in total. The predicted octanol–water partition coefficient (Wildman–Crippen LogP) is 3.79. The van der Waals surface area contributed by atoms with Gasteiger partial charge in [-0.1, -0.05) is 12.1 Å². The van der Waals surface area contributed by atoms with Gasteiger partial charge in [0.25, 0.3) is 0 Å². The van der Waals surface area contributed by atoms with Crippen molar-refractivity contribution in [3.8, 4) is 0 Å². The van der Waals surface area contributed by atoms with Gasteiger partial charge >= 0.3 is 0 Å². The molecule has 0 heterocycles. The van der Waals surface area contributed by atoms with Crippen LogP contribution in [-0.2, 0) is 0 Å². The van der Waals surface area contributed by atoms with Gasteiger partial charge in [0.15, 0.2) is 0 Å². The molecule has 0 saturated carbocycles. The third kappa shape index (κ3) is 2.74. The molecule has 0 spiro atoms. The summed E-state index contributed by atoms with van der Waals surface area (Å²) in [6, 6.07) is 10.6. The maximum absolute atomic E-state index is 13.8. The van der Waals surface area contributed by atoms with E-state index in [9.17, 15) is 13.9 Å². The van der Waals surface area contributed by atoms with Crippen LogP contribution in [0.5, 0.6) is 0 Å². The quantitative estimate of drug-likeness (QED) is 0.910. The summed E-state index contributed by atoms with van der Waals surface area (Å²) in [5.41, 5.74) is 1.31. The molecule has 0 aliphatic rings. The van der Waals surface area contributed by atoms with Gasteiger partial charge in [0.05, 0.1) is 6.10 Å². The van der Waals surface area contributed by atoms with E-state index in [2.05, 4.69) is 0 Å². The summed E-state index contributed by atoms with van der Waals surface area (Å²) < 4.78 is 27.0. The number of hydrogen-bond acceptors (Lipinski definition) is 2. The van der Waals surface area contributed by atoms with E-state index < -0.39 is 11.9 Å². The second-order valence-electron chi connectivity index (χ2n) is 4.39. The topological polar surface area (TPSA) is 23.5 Å². The van der Waals surface area contributed by atoms with Gasteiger partial charge in [-0.3, -0.25) is 0 Å². The first-order valence-corrected chi connectivity index (χ1v) is 5.96. The molecule has 0 aromatic heterocycles. The number of aliphatic hydroxyl groups is 1. The fourth-order valence-electron chi connectivity index (χ4n) is 2.06. The zero-order valence-electron chi connectivity index (χ0n) is 10.8. The second-order valence-corrected chi connectivity index (χ2v) is 4.39. The number of benzene rings is 2. The van der Waals surface area contributed by atoms with Crippen LogP contribution in [0.15, 0.2) is 42.5 Å². The molecule has 0 bridgehead atoms. The van der Waals surface area contributed by atoms with Crippen LogP contribution in [0.3, 0.4) is 0 Å². The minimum absolute atomic E-state index is 0.203. The number of nitrogens with zero attached hydrogens (tertiary/aromatic N) is 1. The molecule has 1 atom stereocenters. The molecule has 2 rings (SSSR count). The largest absolute Gasteiger partial charge is 0.389 e. The third-order valence-corrected chi connectivity index (χ3v) is 3.00. The van der Waals surface area contributed by atoms with Crippen molar-refractivity contribution in [2.75, 3.05) is 11.9 Å². The van der Waals surface area contributed by atoms with Crippen molar-refractivity contribution in [3.63, 3.8) is 0 Å². The summed E-state index contributed by atoms with van der Waals surface area (Å²) in [5, 5.41) is 9.70. The lowest BCUT2D eigenvalue weighted by Crippen LogP contribution is -2.14. The molecule has 19 heavy (non-hydrogen) atoms. The van der Waals surface area contributed by atoms with E-state index >= 15 is 0 Å². The van der Waals surface area contributed by atoms with Gasteiger partial charge in [-0.2, -0.15) is 0 Å². The molecule has 1 unspecified atom stereocenters. The molecule has 4 heteroatoms. The molecule has 0 saturated heterocycles. The summed E-state index contributed by atoms with van der Waals surface area (Å²) in [5.74, 6) is -0.838. The Balaban J connectivity index is 2.50. The molecule has 2 aromatic carbocycles. The highest BCUT2D eigenvalue weighted by Gasteiger charge is 2.17. The summed E-state index contributed by atoms with van der Waals surface area (Å²) in [6.45, 7) is 1.50. The van der Waals surface area contributed by atoms with Crippen LogP contribution in [0.1, 0.15) is 18.6 Å². The lowest BCUT2D eigenvalue weighted by molar-refractivity contribution is 0.194. The average molecular weight is 263 g/mol. The Hall–Kier alpha value is -1.94. The minimum atomic E-state index is -0.938. The van der Waals surface area contributed by atoms with Crippen molar-refractivity contribution >= 4 is 11.4 Å². The molecular weight excluding hydrogens is 248 g/mol. The number of halogens is 2. The van der Waals surface area contributed by atoms with Crippen LogP contribution in [0.25, 0.3) is 0 Å². The predicted molar refractivity (Wildman–Crippen MR) is 71.5 cm³/mol. The van der Waals surface area contributed by atoms with Gasteiger partial charge in [0.2, 0.25) is 0 Å². The molecule has 1 N–H and O–H groups in total. The Labute approximate surface area is 110 Å². The van der Waals surface area contributed by atoms with Crippen molar-refractivity contribution in [2.24, 2.45) is 0 Å². The van der Waals surface area contributed by atoms with Gasteiger partial charge < -0.3 is 10.0 Å². The van der Waals surface area contributed by atoms with Gasteiger partial charge in [-0.15, -0.1) is 0 Å². The van der Waals surface area contributed by atoms with Crippen LogP contribution in [0, 0.1) is 11.6 Å². The highest BCUT2D eigenvalue weighted by atomic mass is 19.1. The van der Waals surface area contributed by atoms with Crippen molar-refractivity contribution in [1.82, 2.24) is 0 Å². The van der Waals surface area contributed by atoms with Gasteiger partial charge in [-0.25, -0.2) is 8.78 Å². The lowest BCUT2D eigenvalue weighted by Gasteiger charge is -2.24. The van der Waals surface area contributed by atoms with Crippen LogP contribution in [0.2, 0.25) is 0 Å². The fraction of sp³-hybridized carbons (Fsp3) is 0.200. The van der Waals surface area contributed by atoms with Crippen LogP contribution < -0.4 is 4.90 Å². The maximum Gasteiger partial charge on any atom is 0.131 e. The first-order chi connectivity index (χ1) is 9.00. The van der Waals surface area contributed by atoms with Crippen LogP contribution >= 0.6 is 0 Å². The van der Waals surface area contributed by atoms with E-state index in [1.807, 2.05) is 0 Å².